The minimum Gasteiger partial charge on any atom is -0.369 e. The lowest BCUT2D eigenvalue weighted by molar-refractivity contribution is -0.178. The van der Waals surface area contributed by atoms with Gasteiger partial charge in [-0.3, -0.25) is 4.84 Å². The van der Waals surface area contributed by atoms with Gasteiger partial charge in [-0.25, -0.2) is 8.78 Å². The Labute approximate surface area is 181 Å². The minimum atomic E-state index is -0.282. The van der Waals surface area contributed by atoms with Crippen molar-refractivity contribution in [1.29, 1.82) is 0 Å². The molecule has 2 aliphatic heterocycles. The van der Waals surface area contributed by atoms with Crippen LogP contribution in [0.25, 0.3) is 0 Å². The van der Waals surface area contributed by atoms with Crippen LogP contribution in [0.15, 0.2) is 66.7 Å². The van der Waals surface area contributed by atoms with Gasteiger partial charge in [0.05, 0.1) is 25.5 Å². The lowest BCUT2D eigenvalue weighted by atomic mass is 10.1. The minimum absolute atomic E-state index is 0.204. The molecule has 0 amide bonds. The highest BCUT2D eigenvalue weighted by Crippen LogP contribution is 2.38. The van der Waals surface area contributed by atoms with Gasteiger partial charge in [-0.15, -0.1) is 0 Å². The lowest BCUT2D eigenvalue weighted by Crippen LogP contribution is -2.40. The van der Waals surface area contributed by atoms with E-state index in [0.29, 0.717) is 25.5 Å². The van der Waals surface area contributed by atoms with Crippen molar-refractivity contribution in [2.45, 2.75) is 26.0 Å². The highest BCUT2D eigenvalue weighted by Gasteiger charge is 2.28. The summed E-state index contributed by atoms with van der Waals surface area (Å²) in [6.45, 7) is 3.13. The van der Waals surface area contributed by atoms with E-state index in [-0.39, 0.29) is 11.6 Å². The average Bonchev–Trinajstić information content (AvgIpc) is 3.32. The van der Waals surface area contributed by atoms with Gasteiger partial charge in [0.25, 0.3) is 0 Å². The maximum absolute atomic E-state index is 15.0. The van der Waals surface area contributed by atoms with E-state index < -0.39 is 0 Å². The fourth-order valence-corrected chi connectivity index (χ4v) is 4.31. The topological polar surface area (TPSA) is 19.0 Å². The second kappa shape index (κ2) is 8.65. The Morgan fingerprint density at radius 2 is 1.58 bits per heavy atom. The Morgan fingerprint density at radius 1 is 0.839 bits per heavy atom. The average molecular weight is 421 g/mol. The van der Waals surface area contributed by atoms with Crippen LogP contribution >= 0.6 is 0 Å². The summed E-state index contributed by atoms with van der Waals surface area (Å²) in [5.41, 5.74) is 4.34. The molecule has 160 valence electrons. The summed E-state index contributed by atoms with van der Waals surface area (Å²) < 4.78 is 28.6. The van der Waals surface area contributed by atoms with Gasteiger partial charge in [0, 0.05) is 24.5 Å². The maximum Gasteiger partial charge on any atom is 0.146 e. The van der Waals surface area contributed by atoms with E-state index in [1.807, 2.05) is 41.5 Å². The standard InChI is InChI=1S/C25H25F2N3O/c26-21-8-10-22(11-9-21)30-18-29(31-17-19-6-2-1-3-7-19)16-20-14-23(27)25(15-24(20)30)28-12-4-5-13-28/h1-3,6-11,14-15H,4-5,12-13,16-18H2. The van der Waals surface area contributed by atoms with Crippen molar-refractivity contribution < 1.29 is 13.6 Å². The van der Waals surface area contributed by atoms with Crippen molar-refractivity contribution in [2.24, 2.45) is 0 Å². The first kappa shape index (κ1) is 20.0. The molecule has 0 bridgehead atoms. The number of fused-ring (bicyclic) bond motifs is 1. The Kier molecular flexibility index (Phi) is 5.57. The summed E-state index contributed by atoms with van der Waals surface area (Å²) in [5.74, 6) is -0.486. The number of rotatable bonds is 5. The fourth-order valence-electron chi connectivity index (χ4n) is 4.31. The molecule has 0 aromatic heterocycles. The zero-order valence-corrected chi connectivity index (χ0v) is 17.3. The van der Waals surface area contributed by atoms with E-state index >= 15 is 4.39 Å². The Balaban J connectivity index is 1.47. The number of hydroxylamine groups is 2. The Bertz CT molecular complexity index is 1040. The number of nitrogens with zero attached hydrogens (tertiary/aromatic N) is 3. The molecule has 2 aliphatic rings. The van der Waals surface area contributed by atoms with Gasteiger partial charge in [0.1, 0.15) is 11.6 Å². The zero-order chi connectivity index (χ0) is 21.2. The first-order valence-electron chi connectivity index (χ1n) is 10.7. The molecule has 0 saturated carbocycles. The normalized spacial score (nSPS) is 16.6. The molecule has 0 unspecified atom stereocenters. The monoisotopic (exact) mass is 421 g/mol. The molecular formula is C25H25F2N3O. The van der Waals surface area contributed by atoms with Crippen LogP contribution in [-0.4, -0.2) is 24.8 Å². The predicted molar refractivity (Wildman–Crippen MR) is 118 cm³/mol. The Morgan fingerprint density at radius 3 is 2.32 bits per heavy atom. The van der Waals surface area contributed by atoms with Crippen molar-refractivity contribution in [1.82, 2.24) is 5.06 Å². The molecule has 0 N–H and O–H groups in total. The Hall–Kier alpha value is -2.96. The molecule has 31 heavy (non-hydrogen) atoms. The number of benzene rings is 3. The molecular weight excluding hydrogens is 396 g/mol. The van der Waals surface area contributed by atoms with Crippen LogP contribution in [0, 0.1) is 11.6 Å². The quantitative estimate of drug-likeness (QED) is 0.533. The summed E-state index contributed by atoms with van der Waals surface area (Å²) in [6, 6.07) is 19.9. The van der Waals surface area contributed by atoms with Gasteiger partial charge in [-0.05, 0) is 60.4 Å². The van der Waals surface area contributed by atoms with Crippen molar-refractivity contribution in [3.05, 3.63) is 89.5 Å². The first-order chi connectivity index (χ1) is 15.2. The van der Waals surface area contributed by atoms with Gasteiger partial charge in [-0.1, -0.05) is 30.3 Å². The van der Waals surface area contributed by atoms with Crippen molar-refractivity contribution in [3.63, 3.8) is 0 Å². The summed E-state index contributed by atoms with van der Waals surface area (Å²) in [4.78, 5) is 10.2. The van der Waals surface area contributed by atoms with E-state index in [1.54, 1.807) is 18.2 Å². The van der Waals surface area contributed by atoms with Crippen LogP contribution in [0.5, 0.6) is 0 Å². The number of hydrogen-bond acceptors (Lipinski definition) is 4. The highest BCUT2D eigenvalue weighted by molar-refractivity contribution is 5.72. The lowest BCUT2D eigenvalue weighted by Gasteiger charge is -2.38. The van der Waals surface area contributed by atoms with Gasteiger partial charge in [-0.2, -0.15) is 5.06 Å². The van der Waals surface area contributed by atoms with Crippen LogP contribution in [-0.2, 0) is 18.0 Å². The van der Waals surface area contributed by atoms with E-state index in [2.05, 4.69) is 9.80 Å². The van der Waals surface area contributed by atoms with Gasteiger partial charge < -0.3 is 9.80 Å². The molecule has 0 aliphatic carbocycles. The SMILES string of the molecule is Fc1ccc(N2CN(OCc3ccccc3)Cc3cc(F)c(N4CCCC4)cc32)cc1. The van der Waals surface area contributed by atoms with Crippen LogP contribution in [0.4, 0.5) is 25.8 Å². The summed E-state index contributed by atoms with van der Waals surface area (Å²) >= 11 is 0. The molecule has 0 atom stereocenters. The van der Waals surface area contributed by atoms with Crippen LogP contribution < -0.4 is 9.80 Å². The summed E-state index contributed by atoms with van der Waals surface area (Å²) in [7, 11) is 0. The fraction of sp³-hybridized carbons (Fsp3) is 0.280. The molecule has 0 spiro atoms. The molecule has 3 aromatic rings. The van der Waals surface area contributed by atoms with Crippen molar-refractivity contribution >= 4 is 17.1 Å². The molecule has 4 nitrogen and oxygen atoms in total. The zero-order valence-electron chi connectivity index (χ0n) is 17.3. The van der Waals surface area contributed by atoms with E-state index in [4.69, 9.17) is 4.84 Å². The maximum atomic E-state index is 15.0. The van der Waals surface area contributed by atoms with Gasteiger partial charge in [0.15, 0.2) is 0 Å². The van der Waals surface area contributed by atoms with E-state index in [9.17, 15) is 4.39 Å². The molecule has 6 heteroatoms. The third-order valence-electron chi connectivity index (χ3n) is 5.93. The van der Waals surface area contributed by atoms with E-state index in [0.717, 1.165) is 48.4 Å². The number of halogens is 2. The van der Waals surface area contributed by atoms with Crippen molar-refractivity contribution in [2.75, 3.05) is 29.6 Å². The van der Waals surface area contributed by atoms with Crippen LogP contribution in [0.3, 0.4) is 0 Å². The second-order valence-electron chi connectivity index (χ2n) is 8.07. The molecule has 1 saturated heterocycles. The predicted octanol–water partition coefficient (Wildman–Crippen LogP) is 5.61. The number of hydrogen-bond donors (Lipinski definition) is 0. The molecule has 2 heterocycles. The van der Waals surface area contributed by atoms with Gasteiger partial charge >= 0.3 is 0 Å². The highest BCUT2D eigenvalue weighted by atomic mass is 19.1. The third kappa shape index (κ3) is 4.27. The molecule has 3 aromatic carbocycles. The second-order valence-corrected chi connectivity index (χ2v) is 8.07. The number of anilines is 3. The smallest absolute Gasteiger partial charge is 0.146 e. The molecule has 0 radical (unpaired) electrons. The van der Waals surface area contributed by atoms with Crippen LogP contribution in [0.2, 0.25) is 0 Å². The van der Waals surface area contributed by atoms with Crippen LogP contribution in [0.1, 0.15) is 24.0 Å². The first-order valence-corrected chi connectivity index (χ1v) is 10.7. The molecule has 5 rings (SSSR count). The third-order valence-corrected chi connectivity index (χ3v) is 5.93. The van der Waals surface area contributed by atoms with E-state index in [1.165, 1.54) is 12.1 Å². The summed E-state index contributed by atoms with van der Waals surface area (Å²) in [5, 5.41) is 1.83. The molecule has 1 fully saturated rings. The van der Waals surface area contributed by atoms with Crippen molar-refractivity contribution in [3.8, 4) is 0 Å². The summed E-state index contributed by atoms with van der Waals surface area (Å²) in [6.07, 6.45) is 2.17. The van der Waals surface area contributed by atoms with Gasteiger partial charge in [0.2, 0.25) is 0 Å². The largest absolute Gasteiger partial charge is 0.369 e.